The first-order valence-electron chi connectivity index (χ1n) is 7.21. The zero-order chi connectivity index (χ0) is 15.1. The summed E-state index contributed by atoms with van der Waals surface area (Å²) in [5.41, 5.74) is 1.38. The smallest absolute Gasteiger partial charge is 0.253 e. The second-order valence-electron chi connectivity index (χ2n) is 4.94. The van der Waals surface area contributed by atoms with Crippen LogP contribution in [-0.2, 0) is 6.42 Å². The van der Waals surface area contributed by atoms with Gasteiger partial charge in [0.2, 0.25) is 0 Å². The Morgan fingerprint density at radius 1 is 1.43 bits per heavy atom. The van der Waals surface area contributed by atoms with Crippen LogP contribution in [0.15, 0.2) is 41.3 Å². The molecular formula is C16H21N3O2. The van der Waals surface area contributed by atoms with E-state index in [4.69, 9.17) is 4.42 Å². The monoisotopic (exact) mass is 287 g/mol. The van der Waals surface area contributed by atoms with Crippen molar-refractivity contribution in [2.24, 2.45) is 0 Å². The van der Waals surface area contributed by atoms with Gasteiger partial charge in [0, 0.05) is 25.2 Å². The van der Waals surface area contributed by atoms with E-state index < -0.39 is 0 Å². The number of aromatic nitrogens is 1. The Morgan fingerprint density at radius 3 is 3.00 bits per heavy atom. The van der Waals surface area contributed by atoms with E-state index in [0.29, 0.717) is 5.56 Å². The van der Waals surface area contributed by atoms with Gasteiger partial charge in [-0.2, -0.15) is 0 Å². The van der Waals surface area contributed by atoms with Crippen molar-refractivity contribution in [3.05, 3.63) is 48.2 Å². The average Bonchev–Trinajstić information content (AvgIpc) is 2.99. The highest BCUT2D eigenvalue weighted by Gasteiger charge is 2.13. The summed E-state index contributed by atoms with van der Waals surface area (Å²) in [4.78, 5) is 16.4. The van der Waals surface area contributed by atoms with E-state index in [1.807, 2.05) is 26.0 Å². The highest BCUT2D eigenvalue weighted by Crippen LogP contribution is 2.13. The summed E-state index contributed by atoms with van der Waals surface area (Å²) in [6, 6.07) is 5.62. The van der Waals surface area contributed by atoms with Gasteiger partial charge in [0.25, 0.3) is 5.91 Å². The second kappa shape index (κ2) is 7.47. The number of nitrogens with one attached hydrogen (secondary N) is 2. The molecule has 2 aromatic rings. The molecule has 0 aliphatic heterocycles. The van der Waals surface area contributed by atoms with E-state index in [-0.39, 0.29) is 11.9 Å². The van der Waals surface area contributed by atoms with Crippen molar-refractivity contribution < 1.29 is 9.21 Å². The number of rotatable bonds is 7. The molecule has 2 heterocycles. The van der Waals surface area contributed by atoms with E-state index >= 15 is 0 Å². The van der Waals surface area contributed by atoms with Crippen molar-refractivity contribution in [2.75, 3.05) is 11.9 Å². The van der Waals surface area contributed by atoms with Gasteiger partial charge < -0.3 is 15.1 Å². The summed E-state index contributed by atoms with van der Waals surface area (Å²) in [6.07, 6.45) is 6.61. The first kappa shape index (κ1) is 15.1. The van der Waals surface area contributed by atoms with Crippen LogP contribution in [-0.4, -0.2) is 23.5 Å². The second-order valence-corrected chi connectivity index (χ2v) is 4.94. The summed E-state index contributed by atoms with van der Waals surface area (Å²) in [6.45, 7) is 4.73. The lowest BCUT2D eigenvalue weighted by atomic mass is 10.1. The van der Waals surface area contributed by atoms with Crippen molar-refractivity contribution in [1.29, 1.82) is 0 Å². The first-order valence-corrected chi connectivity index (χ1v) is 7.21. The number of aryl methyl sites for hydroxylation is 1. The molecule has 5 heteroatoms. The molecule has 0 saturated carbocycles. The average molecular weight is 287 g/mol. The molecule has 0 bridgehead atoms. The summed E-state index contributed by atoms with van der Waals surface area (Å²) in [5, 5.41) is 6.16. The molecule has 1 atom stereocenters. The maximum absolute atomic E-state index is 12.3. The van der Waals surface area contributed by atoms with Gasteiger partial charge in [-0.25, -0.2) is 0 Å². The molecule has 0 aliphatic carbocycles. The largest absolute Gasteiger partial charge is 0.469 e. The fourth-order valence-electron chi connectivity index (χ4n) is 2.11. The van der Waals surface area contributed by atoms with Gasteiger partial charge in [0.15, 0.2) is 0 Å². The van der Waals surface area contributed by atoms with Crippen LogP contribution < -0.4 is 10.6 Å². The predicted molar refractivity (Wildman–Crippen MR) is 82.4 cm³/mol. The van der Waals surface area contributed by atoms with Gasteiger partial charge in [0.05, 0.1) is 23.7 Å². The third-order valence-corrected chi connectivity index (χ3v) is 3.21. The van der Waals surface area contributed by atoms with Crippen LogP contribution in [0.3, 0.4) is 0 Å². The molecule has 0 spiro atoms. The number of amides is 1. The minimum Gasteiger partial charge on any atom is -0.469 e. The molecule has 112 valence electrons. The fraction of sp³-hybridized carbons (Fsp3) is 0.375. The lowest BCUT2D eigenvalue weighted by Crippen LogP contribution is -2.33. The van der Waals surface area contributed by atoms with Gasteiger partial charge in [0.1, 0.15) is 5.76 Å². The lowest BCUT2D eigenvalue weighted by molar-refractivity contribution is 0.0939. The van der Waals surface area contributed by atoms with Crippen LogP contribution >= 0.6 is 0 Å². The molecule has 0 fully saturated rings. The van der Waals surface area contributed by atoms with E-state index in [2.05, 4.69) is 15.6 Å². The fourth-order valence-corrected chi connectivity index (χ4v) is 2.11. The van der Waals surface area contributed by atoms with Gasteiger partial charge in [-0.05, 0) is 38.5 Å². The Balaban J connectivity index is 1.91. The summed E-state index contributed by atoms with van der Waals surface area (Å²) in [7, 11) is 0. The number of carbonyl (C=O) groups is 1. The van der Waals surface area contributed by atoms with Crippen LogP contribution in [0.1, 0.15) is 36.4 Å². The zero-order valence-corrected chi connectivity index (χ0v) is 12.4. The maximum Gasteiger partial charge on any atom is 0.253 e. The summed E-state index contributed by atoms with van der Waals surface area (Å²) in [5.74, 6) is 0.855. The molecule has 1 unspecified atom stereocenters. The molecule has 0 radical (unpaired) electrons. The molecule has 1 amide bonds. The molecule has 0 aromatic carbocycles. The van der Waals surface area contributed by atoms with Gasteiger partial charge in [-0.1, -0.05) is 0 Å². The number of hydrogen-bond acceptors (Lipinski definition) is 4. The van der Waals surface area contributed by atoms with E-state index in [1.165, 1.54) is 0 Å². The molecule has 0 aliphatic rings. The van der Waals surface area contributed by atoms with Crippen molar-refractivity contribution in [3.8, 4) is 0 Å². The van der Waals surface area contributed by atoms with Crippen molar-refractivity contribution in [1.82, 2.24) is 10.3 Å². The van der Waals surface area contributed by atoms with Crippen LogP contribution in [0.2, 0.25) is 0 Å². The third-order valence-electron chi connectivity index (χ3n) is 3.21. The van der Waals surface area contributed by atoms with E-state index in [0.717, 1.165) is 30.8 Å². The molecule has 0 saturated heterocycles. The quantitative estimate of drug-likeness (QED) is 0.821. The van der Waals surface area contributed by atoms with E-state index in [9.17, 15) is 4.79 Å². The topological polar surface area (TPSA) is 67.2 Å². The highest BCUT2D eigenvalue weighted by atomic mass is 16.3. The SMILES string of the molecule is CCNc1cnccc1C(=O)NC(C)CCc1ccco1. The molecule has 2 N–H and O–H groups in total. The van der Waals surface area contributed by atoms with Crippen LogP contribution in [0.25, 0.3) is 0 Å². The van der Waals surface area contributed by atoms with Gasteiger partial charge in [-0.3, -0.25) is 9.78 Å². The van der Waals surface area contributed by atoms with E-state index in [1.54, 1.807) is 24.7 Å². The highest BCUT2D eigenvalue weighted by molar-refractivity contribution is 5.99. The minimum absolute atomic E-state index is 0.0743. The summed E-state index contributed by atoms with van der Waals surface area (Å²) >= 11 is 0. The maximum atomic E-state index is 12.3. The number of pyridine rings is 1. The number of carbonyl (C=O) groups excluding carboxylic acids is 1. The molecule has 2 rings (SSSR count). The van der Waals surface area contributed by atoms with Crippen molar-refractivity contribution in [3.63, 3.8) is 0 Å². The molecule has 5 nitrogen and oxygen atoms in total. The van der Waals surface area contributed by atoms with Crippen LogP contribution in [0.4, 0.5) is 5.69 Å². The van der Waals surface area contributed by atoms with Gasteiger partial charge >= 0.3 is 0 Å². The molecular weight excluding hydrogens is 266 g/mol. The molecule has 21 heavy (non-hydrogen) atoms. The Morgan fingerprint density at radius 2 is 2.29 bits per heavy atom. The molecule has 2 aromatic heterocycles. The first-order chi connectivity index (χ1) is 10.2. The predicted octanol–water partition coefficient (Wildman–Crippen LogP) is 2.86. The Kier molecular flexibility index (Phi) is 5.37. The lowest BCUT2D eigenvalue weighted by Gasteiger charge is -2.15. The van der Waals surface area contributed by atoms with Crippen molar-refractivity contribution in [2.45, 2.75) is 32.7 Å². The third kappa shape index (κ3) is 4.34. The number of nitrogens with zero attached hydrogens (tertiary/aromatic N) is 1. The Bertz CT molecular complexity index is 567. The number of furan rings is 1. The summed E-state index contributed by atoms with van der Waals surface area (Å²) < 4.78 is 5.29. The Hall–Kier alpha value is -2.30. The minimum atomic E-state index is -0.0831. The van der Waals surface area contributed by atoms with Gasteiger partial charge in [-0.15, -0.1) is 0 Å². The normalized spacial score (nSPS) is 11.9. The van der Waals surface area contributed by atoms with Crippen LogP contribution in [0.5, 0.6) is 0 Å². The van der Waals surface area contributed by atoms with Crippen LogP contribution in [0, 0.1) is 0 Å². The number of hydrogen-bond donors (Lipinski definition) is 2. The van der Waals surface area contributed by atoms with Crippen molar-refractivity contribution >= 4 is 11.6 Å². The number of anilines is 1. The Labute approximate surface area is 124 Å². The standard InChI is InChI=1S/C16H21N3O2/c1-3-18-15-11-17-9-8-14(15)16(20)19-12(2)6-7-13-5-4-10-21-13/h4-5,8-12,18H,3,6-7H2,1-2H3,(H,19,20). The zero-order valence-electron chi connectivity index (χ0n) is 12.4.